The van der Waals surface area contributed by atoms with E-state index in [1.807, 2.05) is 44.2 Å². The highest BCUT2D eigenvalue weighted by Gasteiger charge is 2.35. The van der Waals surface area contributed by atoms with Crippen molar-refractivity contribution >= 4 is 50.2 Å². The summed E-state index contributed by atoms with van der Waals surface area (Å²) in [6, 6.07) is 17.2. The molecule has 8 nitrogen and oxygen atoms in total. The van der Waals surface area contributed by atoms with Crippen LogP contribution in [0.4, 0.5) is 4.39 Å². The number of methoxy groups -OCH3 is 1. The fourth-order valence-electron chi connectivity index (χ4n) is 6.02. The van der Waals surface area contributed by atoms with Crippen LogP contribution in [0.15, 0.2) is 86.2 Å². The highest BCUT2D eigenvalue weighted by atomic mass is 79.9. The quantitative estimate of drug-likeness (QED) is 0.165. The number of aromatic nitrogens is 2. The number of hydrogen-bond donors (Lipinski definition) is 0. The fraction of sp³-hybridized carbons (Fsp3) is 0.250. The van der Waals surface area contributed by atoms with Crippen LogP contribution >= 0.6 is 27.3 Å². The molecule has 6 rings (SSSR count). The van der Waals surface area contributed by atoms with Crippen molar-refractivity contribution in [2.45, 2.75) is 40.3 Å². The molecule has 11 heteroatoms. The van der Waals surface area contributed by atoms with Crippen molar-refractivity contribution in [2.24, 2.45) is 4.99 Å². The second-order valence-electron chi connectivity index (χ2n) is 11.0. The van der Waals surface area contributed by atoms with E-state index in [0.29, 0.717) is 49.7 Å². The number of esters is 1. The summed E-state index contributed by atoms with van der Waals surface area (Å²) >= 11 is 4.94. The van der Waals surface area contributed by atoms with Gasteiger partial charge in [0, 0.05) is 33.2 Å². The van der Waals surface area contributed by atoms with Crippen LogP contribution in [0.2, 0.25) is 0 Å². The van der Waals surface area contributed by atoms with Gasteiger partial charge in [0.2, 0.25) is 0 Å². The van der Waals surface area contributed by atoms with Gasteiger partial charge in [0.25, 0.3) is 5.56 Å². The van der Waals surface area contributed by atoms with Gasteiger partial charge in [-0.1, -0.05) is 57.6 Å². The van der Waals surface area contributed by atoms with Crippen molar-refractivity contribution in [3.05, 3.63) is 124 Å². The number of carbonyl (C=O) groups is 1. The maximum absolute atomic E-state index is 14.4. The lowest BCUT2D eigenvalue weighted by Gasteiger charge is -2.26. The van der Waals surface area contributed by atoms with Crippen molar-refractivity contribution in [2.75, 3.05) is 20.3 Å². The number of para-hydroxylation sites is 1. The molecule has 242 valence electrons. The lowest BCUT2D eigenvalue weighted by atomic mass is 9.95. The number of thiazole rings is 1. The number of halogens is 2. The van der Waals surface area contributed by atoms with Crippen LogP contribution < -0.4 is 24.4 Å². The summed E-state index contributed by atoms with van der Waals surface area (Å²) in [6.07, 6.45) is 1.90. The largest absolute Gasteiger partial charge is 0.493 e. The number of rotatable bonds is 9. The molecule has 0 radical (unpaired) electrons. The topological polar surface area (TPSA) is 84.1 Å². The Hall–Kier alpha value is -4.48. The van der Waals surface area contributed by atoms with Gasteiger partial charge < -0.3 is 18.8 Å². The number of carbonyl (C=O) groups excluding carboxylic acids is 1. The molecule has 1 aliphatic heterocycles. The zero-order chi connectivity index (χ0) is 33.4. The Kier molecular flexibility index (Phi) is 9.20. The Morgan fingerprint density at radius 2 is 1.81 bits per heavy atom. The molecular weight excluding hydrogens is 685 g/mol. The molecule has 5 aromatic rings. The van der Waals surface area contributed by atoms with E-state index < -0.39 is 12.0 Å². The molecule has 1 aliphatic rings. The summed E-state index contributed by atoms with van der Waals surface area (Å²) in [4.78, 5) is 33.1. The predicted octanol–water partition coefficient (Wildman–Crippen LogP) is 6.42. The van der Waals surface area contributed by atoms with Gasteiger partial charge in [0.1, 0.15) is 5.82 Å². The first kappa shape index (κ1) is 32.5. The van der Waals surface area contributed by atoms with Crippen LogP contribution in [0, 0.1) is 12.7 Å². The molecule has 0 unspecified atom stereocenters. The van der Waals surface area contributed by atoms with E-state index >= 15 is 0 Å². The van der Waals surface area contributed by atoms with Crippen molar-refractivity contribution in [3.8, 4) is 11.5 Å². The molecular formula is C36H33BrFN3O5S. The van der Waals surface area contributed by atoms with Crippen LogP contribution in [-0.4, -0.2) is 35.4 Å². The number of ether oxygens (including phenoxy) is 3. The molecule has 0 N–H and O–H groups in total. The summed E-state index contributed by atoms with van der Waals surface area (Å²) in [5, 5.41) is 0.983. The second-order valence-corrected chi connectivity index (χ2v) is 12.9. The van der Waals surface area contributed by atoms with Gasteiger partial charge >= 0.3 is 5.97 Å². The van der Waals surface area contributed by atoms with Gasteiger partial charge in [-0.15, -0.1) is 0 Å². The molecule has 0 amide bonds. The van der Waals surface area contributed by atoms with Crippen molar-refractivity contribution in [3.63, 3.8) is 0 Å². The third kappa shape index (κ3) is 5.94. The molecule has 0 bridgehead atoms. The maximum atomic E-state index is 14.4. The third-order valence-electron chi connectivity index (χ3n) is 8.20. The normalized spacial score (nSPS) is 14.7. The molecule has 0 saturated heterocycles. The van der Waals surface area contributed by atoms with Crippen LogP contribution in [0.5, 0.6) is 11.5 Å². The number of benzene rings is 3. The van der Waals surface area contributed by atoms with E-state index in [0.717, 1.165) is 27.7 Å². The molecule has 2 aromatic heterocycles. The summed E-state index contributed by atoms with van der Waals surface area (Å²) < 4.78 is 35.3. The molecule has 0 spiro atoms. The Morgan fingerprint density at radius 1 is 1.06 bits per heavy atom. The lowest BCUT2D eigenvalue weighted by Crippen LogP contribution is -2.40. The summed E-state index contributed by atoms with van der Waals surface area (Å²) in [5.74, 6) is 0.167. The van der Waals surface area contributed by atoms with Crippen molar-refractivity contribution < 1.29 is 23.4 Å². The highest BCUT2D eigenvalue weighted by molar-refractivity contribution is 9.10. The van der Waals surface area contributed by atoms with Crippen LogP contribution in [-0.2, 0) is 16.1 Å². The van der Waals surface area contributed by atoms with E-state index in [1.165, 1.54) is 23.5 Å². The van der Waals surface area contributed by atoms with Gasteiger partial charge in [0.05, 0.1) is 42.2 Å². The monoisotopic (exact) mass is 717 g/mol. The first-order valence-corrected chi connectivity index (χ1v) is 16.8. The zero-order valence-electron chi connectivity index (χ0n) is 26.6. The van der Waals surface area contributed by atoms with E-state index in [1.54, 1.807) is 49.8 Å². The summed E-state index contributed by atoms with van der Waals surface area (Å²) in [5.41, 5.74) is 4.88. The fourth-order valence-corrected chi connectivity index (χ4v) is 7.59. The van der Waals surface area contributed by atoms with Gasteiger partial charge in [-0.2, -0.15) is 0 Å². The van der Waals surface area contributed by atoms with Crippen LogP contribution in [0.3, 0.4) is 0 Å². The molecule has 1 atom stereocenters. The number of allylic oxidation sites excluding steroid dienone is 1. The van der Waals surface area contributed by atoms with Gasteiger partial charge in [-0.05, 0) is 75.2 Å². The van der Waals surface area contributed by atoms with Crippen LogP contribution in [0.1, 0.15) is 49.2 Å². The highest BCUT2D eigenvalue weighted by Crippen LogP contribution is 2.41. The minimum Gasteiger partial charge on any atom is -0.493 e. The number of hydrogen-bond acceptors (Lipinski definition) is 7. The Balaban J connectivity index is 1.56. The minimum atomic E-state index is -0.840. The molecule has 0 fully saturated rings. The number of fused-ring (bicyclic) bond motifs is 2. The SMILES string of the molecule is CCOC(=O)C1=C(C)N=c2s/c(=C/c3c(C)n(Cc4ccc(F)cc4)c4ccccc34)c(=O)n2[C@@H]1c1cc(OC)c(OCC)cc1Br. The summed E-state index contributed by atoms with van der Waals surface area (Å²) in [6.45, 7) is 8.53. The molecule has 0 saturated carbocycles. The Morgan fingerprint density at radius 3 is 2.51 bits per heavy atom. The first-order chi connectivity index (χ1) is 22.7. The first-order valence-electron chi connectivity index (χ1n) is 15.2. The average Bonchev–Trinajstić information content (AvgIpc) is 3.50. The van der Waals surface area contributed by atoms with E-state index in [9.17, 15) is 14.0 Å². The Bertz CT molecular complexity index is 2230. The zero-order valence-corrected chi connectivity index (χ0v) is 29.0. The Labute approximate surface area is 283 Å². The smallest absolute Gasteiger partial charge is 0.338 e. The van der Waals surface area contributed by atoms with Crippen LogP contribution in [0.25, 0.3) is 17.0 Å². The predicted molar refractivity (Wildman–Crippen MR) is 184 cm³/mol. The molecule has 3 aromatic carbocycles. The van der Waals surface area contributed by atoms with Gasteiger partial charge in [-0.25, -0.2) is 14.2 Å². The van der Waals surface area contributed by atoms with E-state index in [2.05, 4.69) is 20.5 Å². The molecule has 3 heterocycles. The minimum absolute atomic E-state index is 0.168. The summed E-state index contributed by atoms with van der Waals surface area (Å²) in [7, 11) is 1.54. The molecule has 47 heavy (non-hydrogen) atoms. The standard InChI is InChI=1S/C36H33BrFN3O5S/c1-6-45-30-18-27(37)26(16-29(30)44-5)33-32(35(43)46-7-2)20(3)39-36-41(33)34(42)31(47-36)17-25-21(4)40(28-11-9-8-10-24(25)28)19-22-12-14-23(38)15-13-22/h8-18,33H,6-7,19H2,1-5H3/b31-17+/t33-/m1/s1. The number of nitrogens with zero attached hydrogens (tertiary/aromatic N) is 3. The van der Waals surface area contributed by atoms with Gasteiger partial charge in [0.15, 0.2) is 16.3 Å². The van der Waals surface area contributed by atoms with E-state index in [4.69, 9.17) is 19.2 Å². The van der Waals surface area contributed by atoms with Crippen molar-refractivity contribution in [1.29, 1.82) is 0 Å². The lowest BCUT2D eigenvalue weighted by molar-refractivity contribution is -0.139. The maximum Gasteiger partial charge on any atom is 0.338 e. The second kappa shape index (κ2) is 13.3. The van der Waals surface area contributed by atoms with Gasteiger partial charge in [-0.3, -0.25) is 9.36 Å². The molecule has 0 aliphatic carbocycles. The third-order valence-corrected chi connectivity index (χ3v) is 9.87. The average molecular weight is 719 g/mol. The van der Waals surface area contributed by atoms with Crippen molar-refractivity contribution in [1.82, 2.24) is 9.13 Å². The van der Waals surface area contributed by atoms with E-state index in [-0.39, 0.29) is 23.6 Å².